The maximum absolute atomic E-state index is 8.92. The van der Waals surface area contributed by atoms with Crippen molar-refractivity contribution in [2.24, 2.45) is 0 Å². The maximum Gasteiger partial charge on any atom is 0.0695 e. The third-order valence-electron chi connectivity index (χ3n) is 2.98. The summed E-state index contributed by atoms with van der Waals surface area (Å²) in [5.74, 6) is 0. The number of likely N-dealkylation sites (N-methyl/N-ethyl adjacent to an activating group) is 1. The fourth-order valence-corrected chi connectivity index (χ4v) is 1.94. The second-order valence-corrected chi connectivity index (χ2v) is 4.60. The van der Waals surface area contributed by atoms with Gasteiger partial charge in [-0.25, -0.2) is 0 Å². The average molecular weight is 245 g/mol. The molecule has 1 heterocycles. The van der Waals surface area contributed by atoms with Crippen molar-refractivity contribution in [3.05, 3.63) is 41.6 Å². The van der Waals surface area contributed by atoms with E-state index in [9.17, 15) is 0 Å². The normalized spacial score (nSPS) is 11.1. The molecule has 4 heteroatoms. The molecule has 1 aromatic heterocycles. The zero-order chi connectivity index (χ0) is 13.0. The van der Waals surface area contributed by atoms with Crippen molar-refractivity contribution in [2.75, 3.05) is 20.2 Å². The van der Waals surface area contributed by atoms with Gasteiger partial charge in [-0.15, -0.1) is 0 Å². The lowest BCUT2D eigenvalue weighted by Crippen LogP contribution is -2.21. The Balaban J connectivity index is 2.19. The van der Waals surface area contributed by atoms with Gasteiger partial charge in [0, 0.05) is 18.7 Å². The van der Waals surface area contributed by atoms with Crippen LogP contribution < -0.4 is 0 Å². The van der Waals surface area contributed by atoms with E-state index in [1.807, 2.05) is 13.2 Å². The minimum atomic E-state index is 0.175. The Morgan fingerprint density at radius 2 is 2.00 bits per heavy atom. The van der Waals surface area contributed by atoms with Gasteiger partial charge in [0.15, 0.2) is 0 Å². The Kier molecular flexibility index (Phi) is 4.12. The first-order valence-electron chi connectivity index (χ1n) is 6.09. The smallest absolute Gasteiger partial charge is 0.0695 e. The van der Waals surface area contributed by atoms with E-state index in [4.69, 9.17) is 5.11 Å². The van der Waals surface area contributed by atoms with Gasteiger partial charge in [-0.2, -0.15) is 5.10 Å². The molecule has 4 nitrogen and oxygen atoms in total. The van der Waals surface area contributed by atoms with Gasteiger partial charge >= 0.3 is 0 Å². The monoisotopic (exact) mass is 245 g/mol. The molecule has 0 saturated heterocycles. The minimum absolute atomic E-state index is 0.175. The fraction of sp³-hybridized carbons (Fsp3) is 0.357. The summed E-state index contributed by atoms with van der Waals surface area (Å²) in [4.78, 5) is 2.07. The largest absolute Gasteiger partial charge is 0.395 e. The first-order valence-corrected chi connectivity index (χ1v) is 6.09. The van der Waals surface area contributed by atoms with E-state index in [0.717, 1.165) is 23.4 Å². The number of aromatic amines is 1. The van der Waals surface area contributed by atoms with E-state index in [1.54, 1.807) is 0 Å². The first-order chi connectivity index (χ1) is 8.70. The molecule has 0 aliphatic rings. The fourth-order valence-electron chi connectivity index (χ4n) is 1.94. The van der Waals surface area contributed by atoms with Crippen LogP contribution in [0.1, 0.15) is 11.1 Å². The van der Waals surface area contributed by atoms with E-state index in [1.165, 1.54) is 5.56 Å². The summed E-state index contributed by atoms with van der Waals surface area (Å²) in [5, 5.41) is 16.1. The van der Waals surface area contributed by atoms with E-state index in [-0.39, 0.29) is 6.61 Å². The van der Waals surface area contributed by atoms with Gasteiger partial charge < -0.3 is 5.11 Å². The molecule has 0 amide bonds. The van der Waals surface area contributed by atoms with E-state index >= 15 is 0 Å². The van der Waals surface area contributed by atoms with Crippen molar-refractivity contribution in [3.8, 4) is 11.3 Å². The standard InChI is InChI=1S/C14H19N3O/c1-11-3-5-12(6-4-11)14-13(9-15-16-14)10-17(2)7-8-18/h3-6,9,18H,7-8,10H2,1-2H3,(H,15,16). The predicted octanol–water partition coefficient (Wildman–Crippen LogP) is 1.81. The van der Waals surface area contributed by atoms with Crippen molar-refractivity contribution in [2.45, 2.75) is 13.5 Å². The molecule has 0 spiro atoms. The molecule has 0 unspecified atom stereocenters. The highest BCUT2D eigenvalue weighted by Gasteiger charge is 2.09. The lowest BCUT2D eigenvalue weighted by molar-refractivity contribution is 0.217. The van der Waals surface area contributed by atoms with Crippen LogP contribution in [0.5, 0.6) is 0 Å². The van der Waals surface area contributed by atoms with Gasteiger partial charge in [-0.1, -0.05) is 29.8 Å². The molecular formula is C14H19N3O. The quantitative estimate of drug-likeness (QED) is 0.844. The van der Waals surface area contributed by atoms with Crippen molar-refractivity contribution in [3.63, 3.8) is 0 Å². The van der Waals surface area contributed by atoms with Crippen molar-refractivity contribution < 1.29 is 5.11 Å². The van der Waals surface area contributed by atoms with Gasteiger partial charge in [0.05, 0.1) is 18.5 Å². The van der Waals surface area contributed by atoms with Crippen LogP contribution in [0.25, 0.3) is 11.3 Å². The van der Waals surface area contributed by atoms with Crippen LogP contribution in [-0.4, -0.2) is 40.4 Å². The van der Waals surface area contributed by atoms with Gasteiger partial charge in [0.2, 0.25) is 0 Å². The lowest BCUT2D eigenvalue weighted by atomic mass is 10.1. The Bertz CT molecular complexity index is 490. The predicted molar refractivity (Wildman–Crippen MR) is 72.2 cm³/mol. The number of hydrogen-bond acceptors (Lipinski definition) is 3. The number of H-pyrrole nitrogens is 1. The molecule has 0 saturated carbocycles. The summed E-state index contributed by atoms with van der Waals surface area (Å²) in [7, 11) is 1.99. The molecule has 2 rings (SSSR count). The summed E-state index contributed by atoms with van der Waals surface area (Å²) in [6.07, 6.45) is 1.85. The van der Waals surface area contributed by atoms with Crippen LogP contribution in [-0.2, 0) is 6.54 Å². The maximum atomic E-state index is 8.92. The highest BCUT2D eigenvalue weighted by Crippen LogP contribution is 2.22. The van der Waals surface area contributed by atoms with Crippen molar-refractivity contribution in [1.82, 2.24) is 15.1 Å². The molecule has 2 aromatic rings. The Hall–Kier alpha value is -1.65. The average Bonchev–Trinajstić information content (AvgIpc) is 2.78. The molecule has 18 heavy (non-hydrogen) atoms. The van der Waals surface area contributed by atoms with Crippen LogP contribution in [0.4, 0.5) is 0 Å². The number of benzene rings is 1. The Morgan fingerprint density at radius 1 is 1.28 bits per heavy atom. The van der Waals surface area contributed by atoms with Gasteiger partial charge in [0.1, 0.15) is 0 Å². The number of aliphatic hydroxyl groups excluding tert-OH is 1. The number of aromatic nitrogens is 2. The third kappa shape index (κ3) is 2.97. The summed E-state index contributed by atoms with van der Waals surface area (Å²) < 4.78 is 0. The van der Waals surface area contributed by atoms with Crippen molar-refractivity contribution in [1.29, 1.82) is 0 Å². The Morgan fingerprint density at radius 3 is 2.67 bits per heavy atom. The molecule has 0 bridgehead atoms. The van der Waals surface area contributed by atoms with Crippen LogP contribution in [0, 0.1) is 6.92 Å². The zero-order valence-electron chi connectivity index (χ0n) is 10.8. The number of nitrogens with one attached hydrogen (secondary N) is 1. The van der Waals surface area contributed by atoms with Crippen LogP contribution >= 0.6 is 0 Å². The molecule has 0 radical (unpaired) electrons. The highest BCUT2D eigenvalue weighted by atomic mass is 16.3. The van der Waals surface area contributed by atoms with E-state index < -0.39 is 0 Å². The summed E-state index contributed by atoms with van der Waals surface area (Å²) in [6, 6.07) is 8.38. The number of aliphatic hydroxyl groups is 1. The molecule has 1 aromatic carbocycles. The summed E-state index contributed by atoms with van der Waals surface area (Å²) in [6.45, 7) is 3.69. The summed E-state index contributed by atoms with van der Waals surface area (Å²) in [5.41, 5.74) is 4.59. The van der Waals surface area contributed by atoms with Crippen molar-refractivity contribution >= 4 is 0 Å². The zero-order valence-corrected chi connectivity index (χ0v) is 10.8. The molecule has 0 aliphatic heterocycles. The summed E-state index contributed by atoms with van der Waals surface area (Å²) >= 11 is 0. The molecule has 0 fully saturated rings. The van der Waals surface area contributed by atoms with E-state index in [2.05, 4.69) is 46.3 Å². The Labute approximate surface area is 107 Å². The van der Waals surface area contributed by atoms with Gasteiger partial charge in [0.25, 0.3) is 0 Å². The number of nitrogens with zero attached hydrogens (tertiary/aromatic N) is 2. The molecular weight excluding hydrogens is 226 g/mol. The number of aryl methyl sites for hydroxylation is 1. The van der Waals surface area contributed by atoms with Crippen LogP contribution in [0.3, 0.4) is 0 Å². The lowest BCUT2D eigenvalue weighted by Gasteiger charge is -2.14. The van der Waals surface area contributed by atoms with Crippen LogP contribution in [0.2, 0.25) is 0 Å². The minimum Gasteiger partial charge on any atom is -0.395 e. The SMILES string of the molecule is Cc1ccc(-c2[nH]ncc2CN(C)CCO)cc1. The first kappa shape index (κ1) is 12.8. The second kappa shape index (κ2) is 5.80. The second-order valence-electron chi connectivity index (χ2n) is 4.60. The molecule has 2 N–H and O–H groups in total. The highest BCUT2D eigenvalue weighted by molar-refractivity contribution is 5.62. The number of rotatable bonds is 5. The van der Waals surface area contributed by atoms with Gasteiger partial charge in [-0.3, -0.25) is 10.00 Å². The van der Waals surface area contributed by atoms with Crippen LogP contribution in [0.15, 0.2) is 30.5 Å². The molecule has 96 valence electrons. The van der Waals surface area contributed by atoms with E-state index in [0.29, 0.717) is 6.54 Å². The number of hydrogen-bond donors (Lipinski definition) is 2. The third-order valence-corrected chi connectivity index (χ3v) is 2.98. The van der Waals surface area contributed by atoms with Gasteiger partial charge in [-0.05, 0) is 19.5 Å². The molecule has 0 aliphatic carbocycles. The topological polar surface area (TPSA) is 52.2 Å². The molecule has 0 atom stereocenters.